The van der Waals surface area contributed by atoms with Gasteiger partial charge in [-0.15, -0.1) is 0 Å². The van der Waals surface area contributed by atoms with Gasteiger partial charge in [0.05, 0.1) is 27.0 Å². The highest BCUT2D eigenvalue weighted by Crippen LogP contribution is 2.52. The van der Waals surface area contributed by atoms with Crippen LogP contribution in [0.15, 0.2) is 38.3 Å². The Balaban J connectivity index is 1.55. The molecule has 2 fully saturated rings. The van der Waals surface area contributed by atoms with Crippen LogP contribution in [-0.2, 0) is 9.59 Å². The SMILES string of the molecule is N#CCOc1c(Br)cc(C=NN2C(=O)C3C4C=CC(C4)C3C2=O)cc1Br. The van der Waals surface area contributed by atoms with Crippen LogP contribution in [0.2, 0.25) is 0 Å². The summed E-state index contributed by atoms with van der Waals surface area (Å²) in [4.78, 5) is 25.2. The van der Waals surface area contributed by atoms with Gasteiger partial charge in [-0.1, -0.05) is 12.2 Å². The number of fused-ring (bicyclic) bond motifs is 5. The lowest BCUT2D eigenvalue weighted by atomic mass is 9.85. The van der Waals surface area contributed by atoms with E-state index in [-0.39, 0.29) is 42.1 Å². The van der Waals surface area contributed by atoms with Gasteiger partial charge >= 0.3 is 0 Å². The Bertz CT molecular complexity index is 852. The number of carbonyl (C=O) groups excluding carboxylic acids is 2. The summed E-state index contributed by atoms with van der Waals surface area (Å²) in [6.07, 6.45) is 6.49. The standard InChI is InChI=1S/C18H13Br2N3O3/c19-12-5-9(6-13(20)16(12)26-4-3-21)8-22-23-17(24)14-10-1-2-11(7-10)15(14)18(23)25/h1-2,5-6,8,10-11,14-15H,4,7H2. The summed E-state index contributed by atoms with van der Waals surface area (Å²) in [5.41, 5.74) is 0.687. The van der Waals surface area contributed by atoms with Crippen molar-refractivity contribution in [2.45, 2.75) is 6.42 Å². The quantitative estimate of drug-likeness (QED) is 0.377. The van der Waals surface area contributed by atoms with Crippen molar-refractivity contribution in [1.82, 2.24) is 5.01 Å². The van der Waals surface area contributed by atoms with Crippen LogP contribution < -0.4 is 4.74 Å². The summed E-state index contributed by atoms with van der Waals surface area (Å²) in [5, 5.41) is 13.8. The van der Waals surface area contributed by atoms with Crippen LogP contribution in [0.3, 0.4) is 0 Å². The van der Waals surface area contributed by atoms with Crippen LogP contribution in [0.1, 0.15) is 12.0 Å². The molecule has 2 bridgehead atoms. The van der Waals surface area contributed by atoms with Gasteiger partial charge in [0.1, 0.15) is 11.8 Å². The van der Waals surface area contributed by atoms with E-state index in [1.807, 2.05) is 6.07 Å². The molecule has 6 nitrogen and oxygen atoms in total. The third-order valence-electron chi connectivity index (χ3n) is 5.07. The molecule has 2 aliphatic carbocycles. The maximum atomic E-state index is 12.6. The molecule has 1 aromatic carbocycles. The largest absolute Gasteiger partial charge is 0.476 e. The summed E-state index contributed by atoms with van der Waals surface area (Å²) in [6, 6.07) is 5.41. The number of hydrogen-bond donors (Lipinski definition) is 0. The van der Waals surface area contributed by atoms with Gasteiger partial charge in [0, 0.05) is 0 Å². The topological polar surface area (TPSA) is 82.8 Å². The van der Waals surface area contributed by atoms with E-state index in [9.17, 15) is 9.59 Å². The average molecular weight is 479 g/mol. The minimum absolute atomic E-state index is 0.0689. The highest BCUT2D eigenvalue weighted by Gasteiger charge is 2.59. The third-order valence-corrected chi connectivity index (χ3v) is 6.25. The Labute approximate surface area is 166 Å². The summed E-state index contributed by atoms with van der Waals surface area (Å²) < 4.78 is 6.62. The van der Waals surface area contributed by atoms with E-state index in [1.165, 1.54) is 6.21 Å². The van der Waals surface area contributed by atoms with Gasteiger partial charge in [0.2, 0.25) is 0 Å². The van der Waals surface area contributed by atoms with Crippen molar-refractivity contribution in [2.24, 2.45) is 28.8 Å². The van der Waals surface area contributed by atoms with Gasteiger partial charge in [-0.25, -0.2) is 0 Å². The molecular weight excluding hydrogens is 466 g/mol. The van der Waals surface area contributed by atoms with Gasteiger partial charge in [-0.05, 0) is 67.8 Å². The fraction of sp³-hybridized carbons (Fsp3) is 0.333. The molecular formula is C18H13Br2N3O3. The second-order valence-electron chi connectivity index (χ2n) is 6.49. The molecule has 1 saturated heterocycles. The minimum Gasteiger partial charge on any atom is -0.476 e. The van der Waals surface area contributed by atoms with Gasteiger partial charge in [0.25, 0.3) is 11.8 Å². The molecule has 1 aliphatic heterocycles. The molecule has 4 unspecified atom stereocenters. The van der Waals surface area contributed by atoms with E-state index in [4.69, 9.17) is 10.00 Å². The Hall–Kier alpha value is -1.98. The number of amides is 2. The number of allylic oxidation sites excluding steroid dienone is 2. The number of hydrogen-bond acceptors (Lipinski definition) is 5. The normalized spacial score (nSPS) is 28.9. The lowest BCUT2D eigenvalue weighted by molar-refractivity contribution is -0.140. The first-order valence-electron chi connectivity index (χ1n) is 8.10. The van der Waals surface area contributed by atoms with Crippen molar-refractivity contribution in [3.8, 4) is 11.8 Å². The zero-order chi connectivity index (χ0) is 18.4. The monoisotopic (exact) mass is 477 g/mol. The molecule has 8 heteroatoms. The number of benzene rings is 1. The third kappa shape index (κ3) is 2.70. The van der Waals surface area contributed by atoms with Crippen molar-refractivity contribution in [2.75, 3.05) is 6.61 Å². The molecule has 0 radical (unpaired) electrons. The van der Waals surface area contributed by atoms with E-state index in [2.05, 4.69) is 49.1 Å². The average Bonchev–Trinajstić information content (AvgIpc) is 3.27. The lowest BCUT2D eigenvalue weighted by Crippen LogP contribution is -2.28. The summed E-state index contributed by atoms with van der Waals surface area (Å²) in [7, 11) is 0. The van der Waals surface area contributed by atoms with Crippen molar-refractivity contribution in [3.63, 3.8) is 0 Å². The summed E-state index contributed by atoms with van der Waals surface area (Å²) in [6.45, 7) is -0.0689. The molecule has 132 valence electrons. The maximum Gasteiger partial charge on any atom is 0.254 e. The van der Waals surface area contributed by atoms with Gasteiger partial charge in [-0.2, -0.15) is 15.4 Å². The van der Waals surface area contributed by atoms with Crippen LogP contribution in [0, 0.1) is 35.0 Å². The zero-order valence-electron chi connectivity index (χ0n) is 13.4. The fourth-order valence-electron chi connectivity index (χ4n) is 4.02. The Morgan fingerprint density at radius 2 is 1.77 bits per heavy atom. The molecule has 1 aromatic rings. The van der Waals surface area contributed by atoms with Crippen molar-refractivity contribution in [1.29, 1.82) is 5.26 Å². The molecule has 4 atom stereocenters. The van der Waals surface area contributed by atoms with Crippen molar-refractivity contribution >= 4 is 49.9 Å². The number of halogens is 2. The molecule has 1 saturated carbocycles. The number of hydrazone groups is 1. The van der Waals surface area contributed by atoms with Crippen molar-refractivity contribution < 1.29 is 14.3 Å². The second-order valence-corrected chi connectivity index (χ2v) is 8.20. The number of nitrogens with zero attached hydrogens (tertiary/aromatic N) is 3. The Morgan fingerprint density at radius 3 is 2.31 bits per heavy atom. The van der Waals surface area contributed by atoms with Crippen LogP contribution >= 0.6 is 31.9 Å². The first-order chi connectivity index (χ1) is 12.5. The van der Waals surface area contributed by atoms with Crippen LogP contribution in [0.25, 0.3) is 0 Å². The number of imide groups is 1. The van der Waals surface area contributed by atoms with E-state index >= 15 is 0 Å². The smallest absolute Gasteiger partial charge is 0.254 e. The number of rotatable bonds is 4. The molecule has 3 aliphatic rings. The Kier molecular flexibility index (Phi) is 4.45. The lowest BCUT2D eigenvalue weighted by Gasteiger charge is -2.13. The summed E-state index contributed by atoms with van der Waals surface area (Å²) in [5.74, 6) is -0.0811. The zero-order valence-corrected chi connectivity index (χ0v) is 16.6. The summed E-state index contributed by atoms with van der Waals surface area (Å²) >= 11 is 6.77. The fourth-order valence-corrected chi connectivity index (χ4v) is 5.47. The number of ether oxygens (including phenoxy) is 1. The van der Waals surface area contributed by atoms with Crippen LogP contribution in [-0.4, -0.2) is 29.6 Å². The van der Waals surface area contributed by atoms with E-state index < -0.39 is 0 Å². The molecule has 26 heavy (non-hydrogen) atoms. The predicted molar refractivity (Wildman–Crippen MR) is 100 cm³/mol. The maximum absolute atomic E-state index is 12.6. The molecule has 0 aromatic heterocycles. The van der Waals surface area contributed by atoms with E-state index in [0.29, 0.717) is 20.3 Å². The molecule has 2 amide bonds. The van der Waals surface area contributed by atoms with Crippen molar-refractivity contribution in [3.05, 3.63) is 38.8 Å². The van der Waals surface area contributed by atoms with Crippen LogP contribution in [0.5, 0.6) is 5.75 Å². The second kappa shape index (κ2) is 6.63. The van der Waals surface area contributed by atoms with E-state index in [1.54, 1.807) is 12.1 Å². The number of nitriles is 1. The molecule has 0 N–H and O–H groups in total. The van der Waals surface area contributed by atoms with Gasteiger partial charge in [-0.3, -0.25) is 9.59 Å². The van der Waals surface area contributed by atoms with Gasteiger partial charge < -0.3 is 4.74 Å². The van der Waals surface area contributed by atoms with E-state index in [0.717, 1.165) is 11.4 Å². The molecule has 0 spiro atoms. The molecule has 4 rings (SSSR count). The minimum atomic E-state index is -0.255. The highest BCUT2D eigenvalue weighted by atomic mass is 79.9. The Morgan fingerprint density at radius 1 is 1.19 bits per heavy atom. The highest BCUT2D eigenvalue weighted by molar-refractivity contribution is 9.11. The first kappa shape index (κ1) is 17.4. The van der Waals surface area contributed by atoms with Crippen LogP contribution in [0.4, 0.5) is 0 Å². The number of carbonyl (C=O) groups is 2. The first-order valence-corrected chi connectivity index (χ1v) is 9.68. The van der Waals surface area contributed by atoms with Gasteiger partial charge in [0.15, 0.2) is 6.61 Å². The molecule has 1 heterocycles. The predicted octanol–water partition coefficient (Wildman–Crippen LogP) is 3.25.